The summed E-state index contributed by atoms with van der Waals surface area (Å²) in [6, 6.07) is 4.07. The minimum atomic E-state index is -0.978. The van der Waals surface area contributed by atoms with Crippen LogP contribution in [0.5, 0.6) is 5.75 Å². The molecule has 0 unspecified atom stereocenters. The second kappa shape index (κ2) is 7.52. The van der Waals surface area contributed by atoms with Gasteiger partial charge in [-0.2, -0.15) is 0 Å². The highest BCUT2D eigenvalue weighted by Gasteiger charge is 2.27. The number of amides is 3. The van der Waals surface area contributed by atoms with Crippen molar-refractivity contribution in [2.45, 2.75) is 13.0 Å². The zero-order chi connectivity index (χ0) is 17.0. The molecule has 124 valence electrons. The number of carbonyl (C=O) groups is 3. The van der Waals surface area contributed by atoms with Crippen LogP contribution in [0, 0.1) is 0 Å². The predicted octanol–water partition coefficient (Wildman–Crippen LogP) is 1.86. The SMILES string of the molecule is C[C@H](Oc1ccc(Cl)cc1Cl)C(=O)OCC(=O)N1CCNC1=O. The first-order valence-electron chi connectivity index (χ1n) is 6.75. The molecule has 23 heavy (non-hydrogen) atoms. The summed E-state index contributed by atoms with van der Waals surface area (Å²) in [5.41, 5.74) is 0. The van der Waals surface area contributed by atoms with Gasteiger partial charge in [0.25, 0.3) is 5.91 Å². The molecule has 1 heterocycles. The summed E-state index contributed by atoms with van der Waals surface area (Å²) in [4.78, 5) is 35.9. The third-order valence-corrected chi connectivity index (χ3v) is 3.56. The quantitative estimate of drug-likeness (QED) is 0.810. The van der Waals surface area contributed by atoms with Crippen molar-refractivity contribution in [3.05, 3.63) is 28.2 Å². The first-order chi connectivity index (χ1) is 10.9. The summed E-state index contributed by atoms with van der Waals surface area (Å²) in [7, 11) is 0. The molecular formula is C14H14Cl2N2O5. The predicted molar refractivity (Wildman–Crippen MR) is 82.6 cm³/mol. The van der Waals surface area contributed by atoms with Crippen molar-refractivity contribution in [3.63, 3.8) is 0 Å². The lowest BCUT2D eigenvalue weighted by Gasteiger charge is -2.16. The molecule has 1 aromatic rings. The molecule has 1 N–H and O–H groups in total. The summed E-state index contributed by atoms with van der Waals surface area (Å²) in [6.45, 7) is 1.56. The zero-order valence-electron chi connectivity index (χ0n) is 12.2. The van der Waals surface area contributed by atoms with E-state index >= 15 is 0 Å². The van der Waals surface area contributed by atoms with Crippen molar-refractivity contribution in [1.29, 1.82) is 0 Å². The van der Waals surface area contributed by atoms with Crippen LogP contribution in [0.2, 0.25) is 10.0 Å². The van der Waals surface area contributed by atoms with Crippen molar-refractivity contribution in [2.24, 2.45) is 0 Å². The molecule has 0 saturated carbocycles. The van der Waals surface area contributed by atoms with E-state index in [4.69, 9.17) is 32.7 Å². The van der Waals surface area contributed by atoms with Crippen LogP contribution in [-0.4, -0.2) is 48.6 Å². The summed E-state index contributed by atoms with van der Waals surface area (Å²) in [5, 5.41) is 3.17. The Morgan fingerprint density at radius 3 is 2.74 bits per heavy atom. The number of imide groups is 1. The molecule has 0 spiro atoms. The van der Waals surface area contributed by atoms with E-state index in [-0.39, 0.29) is 17.3 Å². The van der Waals surface area contributed by atoms with E-state index in [1.165, 1.54) is 19.1 Å². The molecule has 1 aromatic carbocycles. The van der Waals surface area contributed by atoms with Crippen molar-refractivity contribution < 1.29 is 23.9 Å². The number of ether oxygens (including phenoxy) is 2. The van der Waals surface area contributed by atoms with Crippen LogP contribution in [0.4, 0.5) is 4.79 Å². The van der Waals surface area contributed by atoms with Gasteiger partial charge in [0.1, 0.15) is 5.75 Å². The van der Waals surface area contributed by atoms with Gasteiger partial charge in [-0.3, -0.25) is 9.69 Å². The van der Waals surface area contributed by atoms with E-state index in [0.717, 1.165) is 4.90 Å². The minimum Gasteiger partial charge on any atom is -0.477 e. The van der Waals surface area contributed by atoms with Gasteiger partial charge in [-0.1, -0.05) is 23.2 Å². The molecule has 7 nitrogen and oxygen atoms in total. The van der Waals surface area contributed by atoms with Gasteiger partial charge in [-0.15, -0.1) is 0 Å². The van der Waals surface area contributed by atoms with E-state index < -0.39 is 30.6 Å². The van der Waals surface area contributed by atoms with Gasteiger partial charge < -0.3 is 14.8 Å². The summed E-state index contributed by atoms with van der Waals surface area (Å²) >= 11 is 11.7. The second-order valence-corrected chi connectivity index (χ2v) is 5.56. The first kappa shape index (κ1) is 17.4. The Morgan fingerprint density at radius 2 is 2.13 bits per heavy atom. The van der Waals surface area contributed by atoms with Crippen LogP contribution < -0.4 is 10.1 Å². The maximum Gasteiger partial charge on any atom is 0.347 e. The van der Waals surface area contributed by atoms with Crippen LogP contribution in [0.25, 0.3) is 0 Å². The molecule has 1 aliphatic rings. The highest BCUT2D eigenvalue weighted by molar-refractivity contribution is 6.35. The van der Waals surface area contributed by atoms with E-state index in [0.29, 0.717) is 11.6 Å². The van der Waals surface area contributed by atoms with Crippen molar-refractivity contribution in [1.82, 2.24) is 10.2 Å². The van der Waals surface area contributed by atoms with E-state index in [1.54, 1.807) is 6.07 Å². The highest BCUT2D eigenvalue weighted by atomic mass is 35.5. The Kier molecular flexibility index (Phi) is 5.68. The van der Waals surface area contributed by atoms with Gasteiger partial charge >= 0.3 is 12.0 Å². The standard InChI is InChI=1S/C14H14Cl2N2O5/c1-8(23-11-3-2-9(15)6-10(11)16)13(20)22-7-12(19)18-5-4-17-14(18)21/h2-3,6,8H,4-5,7H2,1H3,(H,17,21)/t8-/m0/s1. The second-order valence-electron chi connectivity index (χ2n) is 4.72. The Balaban J connectivity index is 1.85. The molecule has 1 fully saturated rings. The van der Waals surface area contributed by atoms with Crippen LogP contribution in [0.1, 0.15) is 6.92 Å². The lowest BCUT2D eigenvalue weighted by molar-refractivity contribution is -0.156. The van der Waals surface area contributed by atoms with Gasteiger partial charge in [0.15, 0.2) is 12.7 Å². The third-order valence-electron chi connectivity index (χ3n) is 3.03. The average molecular weight is 361 g/mol. The van der Waals surface area contributed by atoms with Crippen molar-refractivity contribution in [2.75, 3.05) is 19.7 Å². The molecule has 0 bridgehead atoms. The van der Waals surface area contributed by atoms with Crippen LogP contribution in [0.15, 0.2) is 18.2 Å². The fraction of sp³-hybridized carbons (Fsp3) is 0.357. The van der Waals surface area contributed by atoms with Crippen LogP contribution >= 0.6 is 23.2 Å². The fourth-order valence-electron chi connectivity index (χ4n) is 1.85. The number of urea groups is 1. The summed E-state index contributed by atoms with van der Waals surface area (Å²) in [6.07, 6.45) is -0.978. The smallest absolute Gasteiger partial charge is 0.347 e. The van der Waals surface area contributed by atoms with E-state index in [1.807, 2.05) is 0 Å². The lowest BCUT2D eigenvalue weighted by atomic mass is 10.3. The monoisotopic (exact) mass is 360 g/mol. The fourth-order valence-corrected chi connectivity index (χ4v) is 2.30. The molecule has 1 saturated heterocycles. The van der Waals surface area contributed by atoms with Gasteiger partial charge in [0, 0.05) is 18.1 Å². The van der Waals surface area contributed by atoms with E-state index in [2.05, 4.69) is 5.32 Å². The molecule has 9 heteroatoms. The Morgan fingerprint density at radius 1 is 1.39 bits per heavy atom. The number of benzene rings is 1. The molecule has 2 rings (SSSR count). The van der Waals surface area contributed by atoms with Crippen molar-refractivity contribution >= 4 is 41.1 Å². The van der Waals surface area contributed by atoms with Crippen LogP contribution in [0.3, 0.4) is 0 Å². The Bertz CT molecular complexity index is 638. The number of nitrogens with zero attached hydrogens (tertiary/aromatic N) is 1. The molecule has 0 aromatic heterocycles. The zero-order valence-corrected chi connectivity index (χ0v) is 13.7. The molecule has 1 aliphatic heterocycles. The summed E-state index contributed by atoms with van der Waals surface area (Å²) in [5.74, 6) is -1.07. The van der Waals surface area contributed by atoms with Gasteiger partial charge in [-0.25, -0.2) is 9.59 Å². The largest absolute Gasteiger partial charge is 0.477 e. The average Bonchev–Trinajstić information content (AvgIpc) is 2.93. The molecular weight excluding hydrogens is 347 g/mol. The molecule has 0 radical (unpaired) electrons. The number of esters is 1. The Labute approximate surface area is 142 Å². The lowest BCUT2D eigenvalue weighted by Crippen LogP contribution is -2.38. The topological polar surface area (TPSA) is 84.9 Å². The van der Waals surface area contributed by atoms with Crippen molar-refractivity contribution in [3.8, 4) is 5.75 Å². The number of halogens is 2. The number of nitrogens with one attached hydrogen (secondary N) is 1. The maximum absolute atomic E-state index is 11.8. The third kappa shape index (κ3) is 4.49. The highest BCUT2D eigenvalue weighted by Crippen LogP contribution is 2.28. The summed E-state index contributed by atoms with van der Waals surface area (Å²) < 4.78 is 10.2. The minimum absolute atomic E-state index is 0.252. The molecule has 0 aliphatic carbocycles. The Hall–Kier alpha value is -1.99. The number of rotatable bonds is 5. The number of hydrogen-bond donors (Lipinski definition) is 1. The van der Waals surface area contributed by atoms with E-state index in [9.17, 15) is 14.4 Å². The van der Waals surface area contributed by atoms with Crippen LogP contribution in [-0.2, 0) is 14.3 Å². The van der Waals surface area contributed by atoms with Gasteiger partial charge in [0.2, 0.25) is 0 Å². The number of carbonyl (C=O) groups excluding carboxylic acids is 3. The normalized spacial score (nSPS) is 15.1. The molecule has 1 atom stereocenters. The van der Waals surface area contributed by atoms with Gasteiger partial charge in [-0.05, 0) is 25.1 Å². The van der Waals surface area contributed by atoms with Gasteiger partial charge in [0.05, 0.1) is 5.02 Å². The number of hydrogen-bond acceptors (Lipinski definition) is 5. The maximum atomic E-state index is 11.8. The molecule has 3 amide bonds. The first-order valence-corrected chi connectivity index (χ1v) is 7.50.